The Morgan fingerprint density at radius 2 is 1.30 bits per heavy atom. The second kappa shape index (κ2) is 21.2. The maximum absolute atomic E-state index is 10.7. The first kappa shape index (κ1) is 39.4. The van der Waals surface area contributed by atoms with Crippen molar-refractivity contribution in [2.75, 3.05) is 0 Å². The fourth-order valence-electron chi connectivity index (χ4n) is 5.12. The minimum absolute atomic E-state index is 0. The van der Waals surface area contributed by atoms with Crippen molar-refractivity contribution in [1.29, 1.82) is 0 Å². The van der Waals surface area contributed by atoms with Crippen LogP contribution in [0.25, 0.3) is 16.7 Å². The fraction of sp³-hybridized carbons (Fsp3) is 0.629. The van der Waals surface area contributed by atoms with Crippen LogP contribution in [0.15, 0.2) is 30.3 Å². The number of carboxylic acid groups (broad SMARTS) is 1. The molecule has 3 aromatic rings. The van der Waals surface area contributed by atoms with E-state index in [1.165, 1.54) is 88.3 Å². The Hall–Kier alpha value is -1.60. The van der Waals surface area contributed by atoms with E-state index < -0.39 is 5.97 Å². The molecule has 0 fully saturated rings. The van der Waals surface area contributed by atoms with Crippen molar-refractivity contribution in [3.63, 3.8) is 0 Å². The van der Waals surface area contributed by atoms with Gasteiger partial charge in [-0.2, -0.15) is 0 Å². The smallest absolute Gasteiger partial charge is 0.550 e. The molecule has 0 saturated carbocycles. The Bertz CT molecular complexity index is 1220. The van der Waals surface area contributed by atoms with E-state index in [0.29, 0.717) is 16.2 Å². The Morgan fingerprint density at radius 1 is 0.814 bits per heavy atom. The second-order valence-corrected chi connectivity index (χ2v) is 13.1. The minimum atomic E-state index is -0.903. The summed E-state index contributed by atoms with van der Waals surface area (Å²) in [6.45, 7) is 10.5. The van der Waals surface area contributed by atoms with Crippen molar-refractivity contribution >= 4 is 28.6 Å². The third-order valence-corrected chi connectivity index (χ3v) is 7.82. The van der Waals surface area contributed by atoms with Crippen molar-refractivity contribution in [2.45, 2.75) is 143 Å². The van der Waals surface area contributed by atoms with Gasteiger partial charge in [-0.1, -0.05) is 135 Å². The number of unbranched alkanes of at least 4 members (excludes halogenated alkanes) is 14. The molecule has 0 aliphatic rings. The van der Waals surface area contributed by atoms with Gasteiger partial charge in [-0.3, -0.25) is 0 Å². The van der Waals surface area contributed by atoms with Crippen LogP contribution in [0.3, 0.4) is 0 Å². The van der Waals surface area contributed by atoms with E-state index in [-0.39, 0.29) is 47.1 Å². The largest absolute Gasteiger partial charge is 1.00 e. The summed E-state index contributed by atoms with van der Waals surface area (Å²) in [5.74, 6) is -0.691. The number of aromatic nitrogens is 3. The van der Waals surface area contributed by atoms with E-state index in [4.69, 9.17) is 11.6 Å². The van der Waals surface area contributed by atoms with Crippen molar-refractivity contribution < 1.29 is 44.6 Å². The van der Waals surface area contributed by atoms with E-state index in [1.807, 2.05) is 25.1 Å². The van der Waals surface area contributed by atoms with Crippen molar-refractivity contribution in [2.24, 2.45) is 0 Å². The summed E-state index contributed by atoms with van der Waals surface area (Å²) in [6, 6.07) is 9.24. The Balaban J connectivity index is 0.000000423. The normalized spacial score (nSPS) is 11.2. The van der Waals surface area contributed by atoms with Gasteiger partial charge in [0.05, 0.1) is 0 Å². The molecule has 0 bridgehead atoms. The maximum Gasteiger partial charge on any atom is 1.00 e. The van der Waals surface area contributed by atoms with Gasteiger partial charge < -0.3 is 15.0 Å². The molecular formula is C35H53ClN3NaO3. The number of aryl methyl sites for hydroxylation is 1. The number of carbonyl (C=O) groups is 1. The molecule has 8 heteroatoms. The number of hydrogen-bond acceptors (Lipinski definition) is 5. The Morgan fingerprint density at radius 3 is 1.79 bits per heavy atom. The number of halogens is 1. The third-order valence-electron chi connectivity index (χ3n) is 7.58. The minimum Gasteiger partial charge on any atom is -0.550 e. The summed E-state index contributed by atoms with van der Waals surface area (Å²) >= 11 is 5.99. The first-order valence-corrected chi connectivity index (χ1v) is 16.5. The number of carboxylic acids is 1. The number of nitrogens with zero attached hydrogens (tertiary/aromatic N) is 3. The van der Waals surface area contributed by atoms with Crippen LogP contribution in [0, 0.1) is 6.92 Å². The molecule has 0 radical (unpaired) electrons. The van der Waals surface area contributed by atoms with Gasteiger partial charge in [0, 0.05) is 16.6 Å². The monoisotopic (exact) mass is 621 g/mol. The molecule has 0 aliphatic carbocycles. The number of aromatic hydroxyl groups is 1. The van der Waals surface area contributed by atoms with Gasteiger partial charge in [-0.25, -0.2) is 0 Å². The SMILES string of the molecule is CCCCCCCCCCCCCCCCCC(=O)[O-].Cc1cc(-n2nc3ccc(Cl)cc3n2)c(O)c(C(C)(C)C)c1.[Na+]. The number of fused-ring (bicyclic) bond motifs is 1. The zero-order chi connectivity index (χ0) is 31.0. The molecule has 1 aromatic heterocycles. The van der Waals surface area contributed by atoms with Crippen LogP contribution >= 0.6 is 11.6 Å². The van der Waals surface area contributed by atoms with E-state index >= 15 is 0 Å². The van der Waals surface area contributed by atoms with E-state index in [2.05, 4.69) is 37.9 Å². The molecule has 234 valence electrons. The van der Waals surface area contributed by atoms with Gasteiger partial charge in [0.2, 0.25) is 0 Å². The Kier molecular flexibility index (Phi) is 19.4. The molecule has 0 atom stereocenters. The van der Waals surface area contributed by atoms with Gasteiger partial charge in [-0.15, -0.1) is 15.0 Å². The topological polar surface area (TPSA) is 91.1 Å². The quantitative estimate of drug-likeness (QED) is 0.139. The predicted octanol–water partition coefficient (Wildman–Crippen LogP) is 6.39. The molecule has 0 spiro atoms. The van der Waals surface area contributed by atoms with Crippen LogP contribution in [0.4, 0.5) is 0 Å². The first-order valence-electron chi connectivity index (χ1n) is 16.1. The van der Waals surface area contributed by atoms with Gasteiger partial charge in [0.15, 0.2) is 0 Å². The van der Waals surface area contributed by atoms with E-state index in [0.717, 1.165) is 29.5 Å². The molecule has 43 heavy (non-hydrogen) atoms. The van der Waals surface area contributed by atoms with Crippen LogP contribution in [0.1, 0.15) is 142 Å². The van der Waals surface area contributed by atoms with Crippen LogP contribution in [-0.4, -0.2) is 26.1 Å². The molecule has 6 nitrogen and oxygen atoms in total. The number of phenols is 1. The van der Waals surface area contributed by atoms with E-state index in [1.54, 1.807) is 12.1 Å². The summed E-state index contributed by atoms with van der Waals surface area (Å²) in [7, 11) is 0. The molecule has 1 N–H and O–H groups in total. The van der Waals surface area contributed by atoms with Crippen LogP contribution < -0.4 is 34.7 Å². The van der Waals surface area contributed by atoms with Gasteiger partial charge in [0.25, 0.3) is 0 Å². The standard InChI is InChI=1S/C18H36O2.C17H18ClN3O.Na/c1-2-3-4-5-6-7-8-9-10-11-12-13-14-15-16-17-18(19)20;1-10-7-12(17(2,3)4)16(22)15(8-10)21-19-13-6-5-11(18)9-14(13)20-21;/h2-17H2,1H3,(H,19,20);5-9,22H,1-4H3;/q;;+1/p-1. The molecule has 2 aromatic carbocycles. The number of carbonyl (C=O) groups excluding carboxylic acids is 1. The summed E-state index contributed by atoms with van der Waals surface area (Å²) in [4.78, 5) is 11.7. The average Bonchev–Trinajstić information content (AvgIpc) is 3.34. The zero-order valence-electron chi connectivity index (χ0n) is 27.7. The first-order chi connectivity index (χ1) is 20.0. The van der Waals surface area contributed by atoms with E-state index in [9.17, 15) is 15.0 Å². The van der Waals surface area contributed by atoms with Crippen molar-refractivity contribution in [3.8, 4) is 11.4 Å². The molecule has 0 unspecified atom stereocenters. The van der Waals surface area contributed by atoms with Crippen molar-refractivity contribution in [1.82, 2.24) is 15.0 Å². The molecule has 1 heterocycles. The van der Waals surface area contributed by atoms with Crippen LogP contribution in [0.5, 0.6) is 5.75 Å². The molecule has 0 amide bonds. The number of aliphatic carboxylic acids is 1. The molecule has 0 saturated heterocycles. The summed E-state index contributed by atoms with van der Waals surface area (Å²) in [5, 5.41) is 30.4. The van der Waals surface area contributed by atoms with Crippen LogP contribution in [0.2, 0.25) is 5.02 Å². The predicted molar refractivity (Wildman–Crippen MR) is 174 cm³/mol. The third kappa shape index (κ3) is 15.3. The van der Waals surface area contributed by atoms with Crippen molar-refractivity contribution in [3.05, 3.63) is 46.5 Å². The molecule has 3 rings (SSSR count). The summed E-state index contributed by atoms with van der Waals surface area (Å²) in [5.41, 5.74) is 3.78. The maximum atomic E-state index is 10.7. The number of hydrogen-bond donors (Lipinski definition) is 1. The number of phenolic OH excluding ortho intramolecular Hbond substituents is 1. The molecular weight excluding hydrogens is 569 g/mol. The second-order valence-electron chi connectivity index (χ2n) is 12.6. The zero-order valence-corrected chi connectivity index (χ0v) is 30.4. The van der Waals surface area contributed by atoms with Gasteiger partial charge in [-0.05, 0) is 55.0 Å². The van der Waals surface area contributed by atoms with Gasteiger partial charge in [0.1, 0.15) is 22.5 Å². The summed E-state index contributed by atoms with van der Waals surface area (Å²) in [6.07, 6.45) is 19.9. The molecule has 0 aliphatic heterocycles. The average molecular weight is 622 g/mol. The Labute approximate surface area is 287 Å². The van der Waals surface area contributed by atoms with Gasteiger partial charge >= 0.3 is 29.6 Å². The number of rotatable bonds is 17. The number of benzene rings is 2. The summed E-state index contributed by atoms with van der Waals surface area (Å²) < 4.78 is 0. The van der Waals surface area contributed by atoms with Crippen LogP contribution in [-0.2, 0) is 10.2 Å². The fourth-order valence-corrected chi connectivity index (χ4v) is 5.29.